The molecule has 0 spiro atoms. The summed E-state index contributed by atoms with van der Waals surface area (Å²) in [6.45, 7) is 4.87. The lowest BCUT2D eigenvalue weighted by Crippen LogP contribution is -2.53. The van der Waals surface area contributed by atoms with E-state index in [-0.39, 0.29) is 37.0 Å². The minimum atomic E-state index is -0.494. The van der Waals surface area contributed by atoms with Gasteiger partial charge in [0.2, 0.25) is 0 Å². The van der Waals surface area contributed by atoms with E-state index in [0.29, 0.717) is 32.7 Å². The van der Waals surface area contributed by atoms with Crippen molar-refractivity contribution in [1.82, 2.24) is 10.2 Å². The van der Waals surface area contributed by atoms with Crippen molar-refractivity contribution in [3.05, 3.63) is 35.9 Å². The van der Waals surface area contributed by atoms with Crippen LogP contribution in [0.15, 0.2) is 30.3 Å². The summed E-state index contributed by atoms with van der Waals surface area (Å²) in [4.78, 5) is 26.4. The van der Waals surface area contributed by atoms with Crippen LogP contribution in [0.5, 0.6) is 0 Å². The molecule has 25 heavy (non-hydrogen) atoms. The normalized spacial score (nSPS) is 24.8. The number of benzene rings is 1. The number of nitrogens with zero attached hydrogens (tertiary/aromatic N) is 1. The van der Waals surface area contributed by atoms with Gasteiger partial charge in [0, 0.05) is 32.1 Å². The molecular formula is C18H25ClN2O4. The molecule has 1 amide bonds. The van der Waals surface area contributed by atoms with E-state index >= 15 is 0 Å². The van der Waals surface area contributed by atoms with Gasteiger partial charge in [0.25, 0.3) is 0 Å². The summed E-state index contributed by atoms with van der Waals surface area (Å²) < 4.78 is 10.7. The van der Waals surface area contributed by atoms with Crippen LogP contribution in [-0.4, -0.2) is 49.7 Å². The summed E-state index contributed by atoms with van der Waals surface area (Å²) in [5.41, 5.74) is 0.470. The highest BCUT2D eigenvalue weighted by atomic mass is 35.5. The Kier molecular flexibility index (Phi) is 6.67. The fourth-order valence-corrected chi connectivity index (χ4v) is 3.62. The highest BCUT2D eigenvalue weighted by Crippen LogP contribution is 2.40. The monoisotopic (exact) mass is 368 g/mol. The first-order valence-corrected chi connectivity index (χ1v) is 8.49. The third-order valence-corrected chi connectivity index (χ3v) is 5.03. The Hall–Kier alpha value is -1.79. The summed E-state index contributed by atoms with van der Waals surface area (Å²) in [6.07, 6.45) is 0.299. The van der Waals surface area contributed by atoms with E-state index < -0.39 is 5.41 Å². The molecule has 1 N–H and O–H groups in total. The van der Waals surface area contributed by atoms with Crippen molar-refractivity contribution in [3.63, 3.8) is 0 Å². The number of fused-ring (bicyclic) bond motifs is 1. The van der Waals surface area contributed by atoms with Gasteiger partial charge < -0.3 is 19.7 Å². The average Bonchev–Trinajstić information content (AvgIpc) is 3.05. The molecule has 1 aromatic carbocycles. The van der Waals surface area contributed by atoms with Crippen LogP contribution in [0.1, 0.15) is 18.9 Å². The van der Waals surface area contributed by atoms with Gasteiger partial charge in [-0.3, -0.25) is 4.79 Å². The van der Waals surface area contributed by atoms with Gasteiger partial charge in [0.1, 0.15) is 6.61 Å². The van der Waals surface area contributed by atoms with Crippen LogP contribution in [-0.2, 0) is 20.9 Å². The molecule has 0 radical (unpaired) electrons. The first-order chi connectivity index (χ1) is 11.7. The number of piperidine rings is 1. The SMILES string of the molecule is CCOC(=O)C12CCN(C(=O)OCc3ccccc3)CC1CNC2.Cl. The zero-order chi connectivity index (χ0) is 17.0. The maximum absolute atomic E-state index is 12.4. The number of nitrogens with one attached hydrogen (secondary N) is 1. The fraction of sp³-hybridized carbons (Fsp3) is 0.556. The Morgan fingerprint density at radius 3 is 2.76 bits per heavy atom. The first-order valence-electron chi connectivity index (χ1n) is 8.49. The number of halogens is 1. The molecule has 2 heterocycles. The van der Waals surface area contributed by atoms with E-state index in [4.69, 9.17) is 9.47 Å². The van der Waals surface area contributed by atoms with Gasteiger partial charge >= 0.3 is 12.1 Å². The lowest BCUT2D eigenvalue weighted by atomic mass is 9.72. The van der Waals surface area contributed by atoms with Crippen molar-refractivity contribution in [1.29, 1.82) is 0 Å². The van der Waals surface area contributed by atoms with Crippen LogP contribution >= 0.6 is 12.4 Å². The molecule has 2 atom stereocenters. The Morgan fingerprint density at radius 1 is 1.28 bits per heavy atom. The smallest absolute Gasteiger partial charge is 0.410 e. The molecule has 2 fully saturated rings. The van der Waals surface area contributed by atoms with Gasteiger partial charge in [-0.25, -0.2) is 4.79 Å². The van der Waals surface area contributed by atoms with Crippen LogP contribution in [0.2, 0.25) is 0 Å². The molecule has 7 heteroatoms. The number of carbonyl (C=O) groups is 2. The van der Waals surface area contributed by atoms with E-state index in [1.807, 2.05) is 37.3 Å². The van der Waals surface area contributed by atoms with Crippen LogP contribution < -0.4 is 5.32 Å². The van der Waals surface area contributed by atoms with Crippen LogP contribution in [0, 0.1) is 11.3 Å². The molecule has 2 saturated heterocycles. The zero-order valence-electron chi connectivity index (χ0n) is 14.4. The lowest BCUT2D eigenvalue weighted by Gasteiger charge is -2.41. The second-order valence-electron chi connectivity index (χ2n) is 6.44. The second-order valence-corrected chi connectivity index (χ2v) is 6.44. The topological polar surface area (TPSA) is 67.9 Å². The van der Waals surface area contributed by atoms with Crippen molar-refractivity contribution in [3.8, 4) is 0 Å². The van der Waals surface area contributed by atoms with Gasteiger partial charge in [-0.1, -0.05) is 30.3 Å². The predicted octanol–water partition coefficient (Wildman–Crippen LogP) is 2.22. The standard InChI is InChI=1S/C18H24N2O4.ClH/c1-2-23-16(21)18-8-9-20(11-15(18)10-19-13-18)17(22)24-12-14-6-4-3-5-7-14;/h3-7,15,19H,2,8-13H2,1H3;1H. The summed E-state index contributed by atoms with van der Waals surface area (Å²) in [7, 11) is 0. The molecule has 2 aliphatic rings. The number of likely N-dealkylation sites (tertiary alicyclic amines) is 1. The molecule has 3 rings (SSSR count). The van der Waals surface area contributed by atoms with E-state index in [9.17, 15) is 9.59 Å². The zero-order valence-corrected chi connectivity index (χ0v) is 15.2. The molecule has 0 aromatic heterocycles. The highest BCUT2D eigenvalue weighted by Gasteiger charge is 2.53. The maximum Gasteiger partial charge on any atom is 0.410 e. The summed E-state index contributed by atoms with van der Waals surface area (Å²) in [5, 5.41) is 3.28. The predicted molar refractivity (Wildman–Crippen MR) is 95.5 cm³/mol. The lowest BCUT2D eigenvalue weighted by molar-refractivity contribution is -0.159. The minimum Gasteiger partial charge on any atom is -0.466 e. The fourth-order valence-electron chi connectivity index (χ4n) is 3.62. The molecule has 0 saturated carbocycles. The van der Waals surface area contributed by atoms with E-state index in [2.05, 4.69) is 5.32 Å². The Morgan fingerprint density at radius 2 is 2.04 bits per heavy atom. The van der Waals surface area contributed by atoms with Crippen molar-refractivity contribution in [2.75, 3.05) is 32.8 Å². The van der Waals surface area contributed by atoms with Crippen molar-refractivity contribution < 1.29 is 19.1 Å². The minimum absolute atomic E-state index is 0. The molecular weight excluding hydrogens is 344 g/mol. The second kappa shape index (κ2) is 8.54. The third-order valence-electron chi connectivity index (χ3n) is 5.03. The average molecular weight is 369 g/mol. The number of carbonyl (C=O) groups excluding carboxylic acids is 2. The molecule has 2 aliphatic heterocycles. The van der Waals surface area contributed by atoms with E-state index in [1.54, 1.807) is 4.90 Å². The Balaban J connectivity index is 0.00000225. The molecule has 0 aliphatic carbocycles. The molecule has 1 aromatic rings. The summed E-state index contributed by atoms with van der Waals surface area (Å²) in [6, 6.07) is 9.62. The van der Waals surface area contributed by atoms with Gasteiger partial charge in [-0.2, -0.15) is 0 Å². The van der Waals surface area contributed by atoms with Gasteiger partial charge in [-0.05, 0) is 18.9 Å². The van der Waals surface area contributed by atoms with Crippen LogP contribution in [0.3, 0.4) is 0 Å². The number of rotatable bonds is 4. The van der Waals surface area contributed by atoms with E-state index in [1.165, 1.54) is 0 Å². The number of hydrogen-bond donors (Lipinski definition) is 1. The highest BCUT2D eigenvalue weighted by molar-refractivity contribution is 5.85. The molecule has 2 unspecified atom stereocenters. The number of ether oxygens (including phenoxy) is 2. The third kappa shape index (κ3) is 4.07. The van der Waals surface area contributed by atoms with Crippen molar-refractivity contribution >= 4 is 24.5 Å². The summed E-state index contributed by atoms with van der Waals surface area (Å²) in [5.74, 6) is -0.0631. The van der Waals surface area contributed by atoms with Crippen LogP contribution in [0.4, 0.5) is 4.79 Å². The van der Waals surface area contributed by atoms with Crippen molar-refractivity contribution in [2.45, 2.75) is 20.0 Å². The van der Waals surface area contributed by atoms with Crippen LogP contribution in [0.25, 0.3) is 0 Å². The molecule has 6 nitrogen and oxygen atoms in total. The van der Waals surface area contributed by atoms with Gasteiger partial charge in [0.15, 0.2) is 0 Å². The van der Waals surface area contributed by atoms with Gasteiger partial charge in [0.05, 0.1) is 12.0 Å². The number of esters is 1. The Bertz CT molecular complexity index is 598. The first kappa shape index (κ1) is 19.5. The maximum atomic E-state index is 12.4. The summed E-state index contributed by atoms with van der Waals surface area (Å²) >= 11 is 0. The quantitative estimate of drug-likeness (QED) is 0.825. The Labute approximate surface area is 154 Å². The van der Waals surface area contributed by atoms with E-state index in [0.717, 1.165) is 12.1 Å². The number of hydrogen-bond acceptors (Lipinski definition) is 5. The van der Waals surface area contributed by atoms with Gasteiger partial charge in [-0.15, -0.1) is 12.4 Å². The molecule has 0 bridgehead atoms. The number of amides is 1. The molecule has 138 valence electrons. The van der Waals surface area contributed by atoms with Crippen molar-refractivity contribution in [2.24, 2.45) is 11.3 Å². The largest absolute Gasteiger partial charge is 0.466 e.